The fourth-order valence-electron chi connectivity index (χ4n) is 23.4. The lowest BCUT2D eigenvalue weighted by atomic mass is 9.97. The van der Waals surface area contributed by atoms with Crippen molar-refractivity contribution < 1.29 is 0 Å². The lowest BCUT2D eigenvalue weighted by Gasteiger charge is -2.11. The molecule has 6 aromatic heterocycles. The molecule has 6 heterocycles. The Labute approximate surface area is 850 Å². The van der Waals surface area contributed by atoms with Crippen molar-refractivity contribution in [2.75, 3.05) is 0 Å². The van der Waals surface area contributed by atoms with Crippen LogP contribution >= 0.6 is 0 Å². The van der Waals surface area contributed by atoms with E-state index in [1.807, 2.05) is 0 Å². The van der Waals surface area contributed by atoms with Crippen LogP contribution in [-0.2, 0) is 0 Å². The molecule has 0 amide bonds. The van der Waals surface area contributed by atoms with Crippen molar-refractivity contribution >= 4 is 152 Å². The third-order valence-electron chi connectivity index (χ3n) is 30.5. The van der Waals surface area contributed by atoms with Gasteiger partial charge >= 0.3 is 0 Å². The van der Waals surface area contributed by atoms with Gasteiger partial charge in [0.1, 0.15) is 0 Å². The number of aromatic nitrogens is 6. The van der Waals surface area contributed by atoms with E-state index >= 15 is 0 Å². The Morgan fingerprint density at radius 2 is 0.238 bits per heavy atom. The van der Waals surface area contributed by atoms with E-state index in [0.29, 0.717) is 0 Å². The topological polar surface area (TPSA) is 29.6 Å². The zero-order valence-corrected chi connectivity index (χ0v) is 79.6. The molecule has 30 rings (SSSR count). The molecular formula is C141H94N6. The molecule has 0 bridgehead atoms. The third kappa shape index (κ3) is 14.5. The van der Waals surface area contributed by atoms with E-state index in [0.717, 1.165) is 22.7 Å². The number of hydrogen-bond donors (Lipinski definition) is 0. The number of fused-ring (bicyclic) bond motifs is 20. The molecule has 0 saturated carbocycles. The van der Waals surface area contributed by atoms with Crippen molar-refractivity contribution in [1.82, 2.24) is 27.4 Å². The number of hydrogen-bond acceptors (Lipinski definition) is 0. The van der Waals surface area contributed by atoms with E-state index < -0.39 is 0 Å². The molecule has 0 saturated heterocycles. The molecule has 688 valence electrons. The molecule has 6 nitrogen and oxygen atoms in total. The number of benzene rings is 24. The van der Waals surface area contributed by atoms with Crippen molar-refractivity contribution in [3.05, 3.63) is 546 Å². The van der Waals surface area contributed by atoms with Gasteiger partial charge in [0.05, 0.1) is 66.2 Å². The summed E-state index contributed by atoms with van der Waals surface area (Å²) in [6.07, 6.45) is 0. The molecule has 0 unspecified atom stereocenters. The van der Waals surface area contributed by atoms with E-state index in [4.69, 9.17) is 0 Å². The Kier molecular flexibility index (Phi) is 20.4. The van der Waals surface area contributed by atoms with Crippen LogP contribution in [0.5, 0.6) is 0 Å². The highest BCUT2D eigenvalue weighted by Crippen LogP contribution is 2.46. The zero-order valence-electron chi connectivity index (χ0n) is 79.6. The zero-order chi connectivity index (χ0) is 96.0. The summed E-state index contributed by atoms with van der Waals surface area (Å²) in [6, 6.07) is 200. The van der Waals surface area contributed by atoms with Crippen LogP contribution in [0.3, 0.4) is 0 Å². The van der Waals surface area contributed by atoms with Gasteiger partial charge in [0.25, 0.3) is 0 Å². The number of nitrogens with zero attached hydrogens (tertiary/aromatic N) is 6. The van der Waals surface area contributed by atoms with Gasteiger partial charge in [-0.15, -0.1) is 0 Å². The van der Waals surface area contributed by atoms with Gasteiger partial charge in [0.2, 0.25) is 0 Å². The average Bonchev–Trinajstić information content (AvgIpc) is 1.58. The van der Waals surface area contributed by atoms with Crippen molar-refractivity contribution in [2.45, 2.75) is 7.43 Å². The van der Waals surface area contributed by atoms with Crippen molar-refractivity contribution in [1.29, 1.82) is 0 Å². The van der Waals surface area contributed by atoms with E-state index in [1.54, 1.807) is 0 Å². The average molecular weight is 1870 g/mol. The minimum absolute atomic E-state index is 0. The van der Waals surface area contributed by atoms with Crippen LogP contribution < -0.4 is 0 Å². The van der Waals surface area contributed by atoms with E-state index in [2.05, 4.69) is 573 Å². The van der Waals surface area contributed by atoms with Crippen LogP contribution in [0, 0.1) is 0 Å². The van der Waals surface area contributed by atoms with Gasteiger partial charge < -0.3 is 27.4 Å². The van der Waals surface area contributed by atoms with E-state index in [-0.39, 0.29) is 7.43 Å². The van der Waals surface area contributed by atoms with Crippen molar-refractivity contribution in [3.63, 3.8) is 0 Å². The molecule has 0 aliphatic rings. The van der Waals surface area contributed by atoms with Crippen molar-refractivity contribution in [2.24, 2.45) is 0 Å². The molecule has 0 spiro atoms. The number of para-hydroxylation sites is 8. The first-order valence-corrected chi connectivity index (χ1v) is 50.3. The standard InChI is InChI=1S/2C70H45N3.CH4/c1-3-15-56(16-4-1)71-65-21-11-9-19-59(65)61-42-52(32-37-67(61)71)47-23-27-49(28-24-47)54-34-39-69-63(44-54)64-45-55(35-40-70(64)73(69)58-36-31-46-13-7-8-14-51(46)41-58)50-29-25-48(26-30-50)53-33-38-68-62(43-53)60-20-10-12-22-66(60)72(68)57-17-5-2-6-18-57;1-2-12-53-43-58(40-33-46(53)11-1)73-69-41-34-54(51-25-21-47(22-26-51)49-29-36-56(37-30-49)71-65-17-7-3-13-59(65)60-14-4-8-18-66(60)71)44-63(69)64-45-55(35-42-70(64)73)52-27-23-48(24-28-52)50-31-38-57(39-32-50)72-67-19-9-5-15-61(67)62-16-6-10-20-68(62)72;/h2*1-45H;1H4. The highest BCUT2D eigenvalue weighted by Gasteiger charge is 2.24. The second-order valence-corrected chi connectivity index (χ2v) is 38.6. The molecule has 147 heavy (non-hydrogen) atoms. The lowest BCUT2D eigenvalue weighted by molar-refractivity contribution is 1.18. The fourth-order valence-corrected chi connectivity index (χ4v) is 23.4. The van der Waals surface area contributed by atoms with Crippen LogP contribution in [-0.4, -0.2) is 27.4 Å². The highest BCUT2D eigenvalue weighted by atomic mass is 15.0. The van der Waals surface area contributed by atoms with Crippen LogP contribution in [0.1, 0.15) is 7.43 Å². The summed E-state index contributed by atoms with van der Waals surface area (Å²) in [4.78, 5) is 0. The lowest BCUT2D eigenvalue weighted by Crippen LogP contribution is -1.94. The van der Waals surface area contributed by atoms with Crippen molar-refractivity contribution in [3.8, 4) is 123 Å². The minimum Gasteiger partial charge on any atom is -0.309 e. The third-order valence-corrected chi connectivity index (χ3v) is 30.5. The Hall–Kier alpha value is -19.4. The largest absolute Gasteiger partial charge is 0.309 e. The first-order valence-electron chi connectivity index (χ1n) is 50.3. The molecule has 0 fully saturated rings. The molecule has 0 radical (unpaired) electrons. The van der Waals surface area contributed by atoms with Gasteiger partial charge in [-0.3, -0.25) is 0 Å². The van der Waals surface area contributed by atoms with Crippen LogP contribution in [0.2, 0.25) is 0 Å². The molecule has 24 aromatic carbocycles. The minimum atomic E-state index is 0. The SMILES string of the molecule is C.c1ccc(-n2c3ccccc3c3cc(-c4ccc(-c5ccc6c(c5)c5cc(-c7ccc(-c8ccc9c(c8)c8ccccc8n9-c8ccccc8)cc7)ccc5n6-c5ccc6ccccc6c5)cc4)ccc32)cc1.c1ccc2cc(-n3c4ccc(-c5ccc(-c6ccc(-n7c8ccccc8c8ccccc87)cc6)cc5)cc4c4cc(-c5ccc(-c6ccc(-n7c8ccccc8c8ccccc87)cc6)cc5)ccc43)ccc2c1. The molecule has 0 N–H and O–H groups in total. The predicted octanol–water partition coefficient (Wildman–Crippen LogP) is 38.2. The van der Waals surface area contributed by atoms with Gasteiger partial charge in [-0.1, -0.05) is 371 Å². The molecule has 6 heteroatoms. The molecule has 0 aliphatic heterocycles. The van der Waals surface area contributed by atoms with Gasteiger partial charge in [-0.2, -0.15) is 0 Å². The Bertz CT molecular complexity index is 9830. The van der Waals surface area contributed by atoms with Gasteiger partial charge in [0.15, 0.2) is 0 Å². The monoisotopic (exact) mass is 1870 g/mol. The maximum absolute atomic E-state index is 2.44. The Morgan fingerprint density at radius 1 is 0.0884 bits per heavy atom. The first-order chi connectivity index (χ1) is 72.4. The molecule has 0 atom stereocenters. The Balaban J connectivity index is 0.000000141. The highest BCUT2D eigenvalue weighted by molar-refractivity contribution is 6.17. The second kappa shape index (κ2) is 35.1. The summed E-state index contributed by atoms with van der Waals surface area (Å²) in [5, 5.41) is 20.0. The molecule has 0 aliphatic carbocycles. The maximum atomic E-state index is 2.44. The summed E-state index contributed by atoms with van der Waals surface area (Å²) in [6.45, 7) is 0. The first kappa shape index (κ1) is 85.6. The second-order valence-electron chi connectivity index (χ2n) is 38.6. The number of rotatable bonds is 14. The summed E-state index contributed by atoms with van der Waals surface area (Å²) in [5.41, 5.74) is 40.5. The van der Waals surface area contributed by atoms with E-state index in [9.17, 15) is 0 Å². The predicted molar refractivity (Wildman–Crippen MR) is 624 cm³/mol. The normalized spacial score (nSPS) is 11.8. The Morgan fingerprint density at radius 3 is 0.476 bits per heavy atom. The maximum Gasteiger partial charge on any atom is 0.0541 e. The van der Waals surface area contributed by atoms with Crippen LogP contribution in [0.15, 0.2) is 546 Å². The smallest absolute Gasteiger partial charge is 0.0541 e. The van der Waals surface area contributed by atoms with Gasteiger partial charge in [0, 0.05) is 98.8 Å². The summed E-state index contributed by atoms with van der Waals surface area (Å²) in [5.74, 6) is 0. The van der Waals surface area contributed by atoms with Crippen LogP contribution in [0.4, 0.5) is 0 Å². The molecule has 30 aromatic rings. The van der Waals surface area contributed by atoms with E-state index in [1.165, 1.54) is 253 Å². The summed E-state index contributed by atoms with van der Waals surface area (Å²) < 4.78 is 14.4. The van der Waals surface area contributed by atoms with Gasteiger partial charge in [-0.05, 0) is 293 Å². The fraction of sp³-hybridized carbons (Fsp3) is 0.00709. The van der Waals surface area contributed by atoms with Gasteiger partial charge in [-0.25, -0.2) is 0 Å². The quantitative estimate of drug-likeness (QED) is 0.104. The van der Waals surface area contributed by atoms with Crippen LogP contribution in [0.25, 0.3) is 276 Å². The molecular weight excluding hydrogens is 1780 g/mol. The summed E-state index contributed by atoms with van der Waals surface area (Å²) in [7, 11) is 0. The summed E-state index contributed by atoms with van der Waals surface area (Å²) >= 11 is 0.